The fraction of sp³-hybridized carbons (Fsp3) is 0.467. The van der Waals surface area contributed by atoms with Gasteiger partial charge in [0.1, 0.15) is 6.04 Å². The molecule has 6 heteroatoms. The molecular weight excluding hydrogens is 274 g/mol. The molecule has 1 aromatic carbocycles. The van der Waals surface area contributed by atoms with Gasteiger partial charge in [-0.3, -0.25) is 4.79 Å². The highest BCUT2D eigenvalue weighted by Gasteiger charge is 2.23. The molecule has 116 valence electrons. The third-order valence-corrected chi connectivity index (χ3v) is 3.10. The number of ether oxygens (including phenoxy) is 2. The summed E-state index contributed by atoms with van der Waals surface area (Å²) >= 11 is 0. The first-order chi connectivity index (χ1) is 10.0. The van der Waals surface area contributed by atoms with Crippen LogP contribution >= 0.6 is 0 Å². The molecule has 0 unspecified atom stereocenters. The first-order valence-electron chi connectivity index (χ1n) is 6.79. The molecular formula is C15H21NO5. The quantitative estimate of drug-likeness (QED) is 0.767. The van der Waals surface area contributed by atoms with Crippen molar-refractivity contribution in [2.45, 2.75) is 32.2 Å². The summed E-state index contributed by atoms with van der Waals surface area (Å²) in [6, 6.07) is 3.97. The summed E-state index contributed by atoms with van der Waals surface area (Å²) in [5.41, 5.74) is 0.250. The molecule has 0 saturated heterocycles. The third-order valence-electron chi connectivity index (χ3n) is 3.10. The van der Waals surface area contributed by atoms with Crippen LogP contribution in [0.4, 0.5) is 0 Å². The summed E-state index contributed by atoms with van der Waals surface area (Å²) in [7, 11) is 2.90. The zero-order valence-electron chi connectivity index (χ0n) is 12.5. The van der Waals surface area contributed by atoms with Gasteiger partial charge in [-0.1, -0.05) is 25.8 Å². The second-order valence-electron chi connectivity index (χ2n) is 4.55. The Morgan fingerprint density at radius 3 is 2.52 bits per heavy atom. The molecule has 0 aliphatic heterocycles. The van der Waals surface area contributed by atoms with Crippen LogP contribution in [0.3, 0.4) is 0 Å². The maximum absolute atomic E-state index is 12.3. The number of nitrogens with one attached hydrogen (secondary N) is 1. The normalized spacial score (nSPS) is 11.6. The van der Waals surface area contributed by atoms with E-state index in [0.717, 1.165) is 12.8 Å². The van der Waals surface area contributed by atoms with Crippen molar-refractivity contribution in [3.05, 3.63) is 23.8 Å². The number of amides is 1. The Kier molecular flexibility index (Phi) is 6.52. The molecule has 1 atom stereocenters. The van der Waals surface area contributed by atoms with E-state index in [0.29, 0.717) is 12.2 Å². The van der Waals surface area contributed by atoms with Crippen LogP contribution in [-0.4, -0.2) is 37.2 Å². The number of carbonyl (C=O) groups excluding carboxylic acids is 1. The van der Waals surface area contributed by atoms with Crippen LogP contribution < -0.4 is 14.8 Å². The van der Waals surface area contributed by atoms with Gasteiger partial charge in [-0.2, -0.15) is 0 Å². The van der Waals surface area contributed by atoms with Crippen molar-refractivity contribution < 1.29 is 24.2 Å². The van der Waals surface area contributed by atoms with Crippen molar-refractivity contribution in [1.29, 1.82) is 0 Å². The van der Waals surface area contributed by atoms with Crippen LogP contribution in [0.5, 0.6) is 11.5 Å². The average molecular weight is 295 g/mol. The van der Waals surface area contributed by atoms with Gasteiger partial charge >= 0.3 is 5.97 Å². The first kappa shape index (κ1) is 16.8. The fourth-order valence-electron chi connectivity index (χ4n) is 1.97. The lowest BCUT2D eigenvalue weighted by molar-refractivity contribution is -0.139. The molecule has 1 aromatic rings. The standard InChI is InChI=1S/C15H21NO5/c1-4-5-8-11(15(18)19)16-14(17)10-7-6-9-12(20-2)13(10)21-3/h6-7,9,11H,4-5,8H2,1-3H3,(H,16,17)(H,18,19)/t11-/m0/s1. The minimum Gasteiger partial charge on any atom is -0.493 e. The summed E-state index contributed by atoms with van der Waals surface area (Å²) in [4.78, 5) is 23.4. The minimum absolute atomic E-state index is 0.250. The van der Waals surface area contributed by atoms with E-state index in [4.69, 9.17) is 14.6 Å². The number of carbonyl (C=O) groups is 2. The number of methoxy groups -OCH3 is 2. The van der Waals surface area contributed by atoms with E-state index in [-0.39, 0.29) is 11.3 Å². The highest BCUT2D eigenvalue weighted by Crippen LogP contribution is 2.30. The molecule has 1 amide bonds. The first-order valence-corrected chi connectivity index (χ1v) is 6.79. The van der Waals surface area contributed by atoms with Gasteiger partial charge in [0.25, 0.3) is 5.91 Å². The Labute approximate surface area is 124 Å². The molecule has 21 heavy (non-hydrogen) atoms. The van der Waals surface area contributed by atoms with E-state index in [1.807, 2.05) is 6.92 Å². The fourth-order valence-corrected chi connectivity index (χ4v) is 1.97. The van der Waals surface area contributed by atoms with E-state index in [1.165, 1.54) is 14.2 Å². The monoisotopic (exact) mass is 295 g/mol. The number of rotatable bonds is 8. The third kappa shape index (κ3) is 4.37. The van der Waals surface area contributed by atoms with E-state index in [2.05, 4.69) is 5.32 Å². The molecule has 0 saturated carbocycles. The SMILES string of the molecule is CCCC[C@H](NC(=O)c1cccc(OC)c1OC)C(=O)O. The largest absolute Gasteiger partial charge is 0.493 e. The molecule has 0 aliphatic rings. The highest BCUT2D eigenvalue weighted by molar-refractivity contribution is 5.99. The van der Waals surface area contributed by atoms with Crippen molar-refractivity contribution in [1.82, 2.24) is 5.32 Å². The minimum atomic E-state index is -1.04. The molecule has 6 nitrogen and oxygen atoms in total. The van der Waals surface area contributed by atoms with E-state index in [9.17, 15) is 9.59 Å². The van der Waals surface area contributed by atoms with Gasteiger partial charge in [-0.15, -0.1) is 0 Å². The molecule has 0 radical (unpaired) electrons. The van der Waals surface area contributed by atoms with Gasteiger partial charge in [0.2, 0.25) is 0 Å². The lowest BCUT2D eigenvalue weighted by Crippen LogP contribution is -2.40. The predicted molar refractivity (Wildman–Crippen MR) is 78.0 cm³/mol. The number of para-hydroxylation sites is 1. The molecule has 0 bridgehead atoms. The lowest BCUT2D eigenvalue weighted by atomic mass is 10.1. The van der Waals surface area contributed by atoms with E-state index in [1.54, 1.807) is 18.2 Å². The Morgan fingerprint density at radius 2 is 2.00 bits per heavy atom. The van der Waals surface area contributed by atoms with Gasteiger partial charge in [0, 0.05) is 0 Å². The Morgan fingerprint density at radius 1 is 1.29 bits per heavy atom. The number of hydrogen-bond donors (Lipinski definition) is 2. The van der Waals surface area contributed by atoms with Crippen molar-refractivity contribution in [3.8, 4) is 11.5 Å². The van der Waals surface area contributed by atoms with Crippen molar-refractivity contribution in [2.24, 2.45) is 0 Å². The van der Waals surface area contributed by atoms with E-state index < -0.39 is 17.9 Å². The number of unbranched alkanes of at least 4 members (excludes halogenated alkanes) is 1. The maximum atomic E-state index is 12.3. The number of carboxylic acid groups (broad SMARTS) is 1. The van der Waals surface area contributed by atoms with Gasteiger partial charge < -0.3 is 19.9 Å². The predicted octanol–water partition coefficient (Wildman–Crippen LogP) is 2.08. The summed E-state index contributed by atoms with van der Waals surface area (Å²) in [5.74, 6) is -0.823. The van der Waals surface area contributed by atoms with Crippen molar-refractivity contribution in [3.63, 3.8) is 0 Å². The Hall–Kier alpha value is -2.24. The Bertz CT molecular complexity index is 501. The molecule has 1 rings (SSSR count). The van der Waals surface area contributed by atoms with Gasteiger partial charge in [0.15, 0.2) is 11.5 Å². The molecule has 0 spiro atoms. The topological polar surface area (TPSA) is 84.9 Å². The Balaban J connectivity index is 2.94. The smallest absolute Gasteiger partial charge is 0.326 e. The number of carboxylic acids is 1. The van der Waals surface area contributed by atoms with Gasteiger partial charge in [-0.05, 0) is 18.6 Å². The molecule has 0 heterocycles. The molecule has 2 N–H and O–H groups in total. The maximum Gasteiger partial charge on any atom is 0.326 e. The molecule has 0 aromatic heterocycles. The van der Waals surface area contributed by atoms with Crippen LogP contribution in [0.25, 0.3) is 0 Å². The summed E-state index contributed by atoms with van der Waals surface area (Å²) in [5, 5.41) is 11.7. The lowest BCUT2D eigenvalue weighted by Gasteiger charge is -2.16. The summed E-state index contributed by atoms with van der Waals surface area (Å²) in [6.07, 6.45) is 1.98. The van der Waals surface area contributed by atoms with Crippen LogP contribution in [0, 0.1) is 0 Å². The van der Waals surface area contributed by atoms with Crippen LogP contribution in [0.15, 0.2) is 18.2 Å². The van der Waals surface area contributed by atoms with Gasteiger partial charge in [0.05, 0.1) is 19.8 Å². The van der Waals surface area contributed by atoms with Crippen LogP contribution in [0.2, 0.25) is 0 Å². The van der Waals surface area contributed by atoms with E-state index >= 15 is 0 Å². The average Bonchev–Trinajstić information content (AvgIpc) is 2.49. The van der Waals surface area contributed by atoms with Crippen molar-refractivity contribution in [2.75, 3.05) is 14.2 Å². The summed E-state index contributed by atoms with van der Waals surface area (Å²) < 4.78 is 10.3. The summed E-state index contributed by atoms with van der Waals surface area (Å²) in [6.45, 7) is 1.96. The van der Waals surface area contributed by atoms with Crippen molar-refractivity contribution >= 4 is 11.9 Å². The second kappa shape index (κ2) is 8.14. The highest BCUT2D eigenvalue weighted by atomic mass is 16.5. The number of benzene rings is 1. The number of aliphatic carboxylic acids is 1. The zero-order chi connectivity index (χ0) is 15.8. The second-order valence-corrected chi connectivity index (χ2v) is 4.55. The molecule has 0 fully saturated rings. The van der Waals surface area contributed by atoms with Crippen LogP contribution in [0.1, 0.15) is 36.5 Å². The molecule has 0 aliphatic carbocycles. The van der Waals surface area contributed by atoms with Crippen LogP contribution in [-0.2, 0) is 4.79 Å². The number of hydrogen-bond acceptors (Lipinski definition) is 4. The zero-order valence-corrected chi connectivity index (χ0v) is 12.5. The van der Waals surface area contributed by atoms with Gasteiger partial charge in [-0.25, -0.2) is 4.79 Å².